The number of carbonyl (C=O) groups excluding carboxylic acids is 1. The summed E-state index contributed by atoms with van der Waals surface area (Å²) in [5, 5.41) is 3.30. The Morgan fingerprint density at radius 1 is 1.20 bits per heavy atom. The first-order valence-electron chi connectivity index (χ1n) is 6.19. The van der Waals surface area contributed by atoms with Gasteiger partial charge in [-0.3, -0.25) is 4.79 Å². The summed E-state index contributed by atoms with van der Waals surface area (Å²) in [6.45, 7) is 2.01. The largest absolute Gasteiger partial charge is 0.399 e. The molecule has 5 N–H and O–H groups in total. The zero-order chi connectivity index (χ0) is 14.7. The third-order valence-corrected chi connectivity index (χ3v) is 3.73. The van der Waals surface area contributed by atoms with Gasteiger partial charge in [-0.05, 0) is 52.7 Å². The predicted octanol–water partition coefficient (Wildman–Crippen LogP) is 3.30. The molecule has 0 heterocycles. The van der Waals surface area contributed by atoms with E-state index in [4.69, 9.17) is 11.5 Å². The molecule has 0 spiro atoms. The summed E-state index contributed by atoms with van der Waals surface area (Å²) in [4.78, 5) is 11.5. The number of nitrogens with one attached hydrogen (secondary N) is 1. The summed E-state index contributed by atoms with van der Waals surface area (Å²) in [7, 11) is 0. The molecule has 0 bridgehead atoms. The molecule has 0 fully saturated rings. The Morgan fingerprint density at radius 2 is 1.85 bits per heavy atom. The van der Waals surface area contributed by atoms with Crippen molar-refractivity contribution < 1.29 is 4.79 Å². The smallest absolute Gasteiger partial charge is 0.251 e. The fraction of sp³-hybridized carbons (Fsp3) is 0.133. The van der Waals surface area contributed by atoms with Gasteiger partial charge in [-0.2, -0.15) is 0 Å². The van der Waals surface area contributed by atoms with Gasteiger partial charge in [-0.25, -0.2) is 0 Å². The number of nitrogen functional groups attached to an aromatic ring is 1. The number of nitrogens with two attached hydrogens (primary N) is 2. The van der Waals surface area contributed by atoms with Crippen LogP contribution in [-0.2, 0) is 0 Å². The second kappa shape index (κ2) is 5.96. The fourth-order valence-electron chi connectivity index (χ4n) is 2.00. The number of halogens is 1. The second-order valence-corrected chi connectivity index (χ2v) is 5.41. The summed E-state index contributed by atoms with van der Waals surface area (Å²) in [6.07, 6.45) is 0. The maximum absolute atomic E-state index is 11.5. The molecule has 0 saturated heterocycles. The molecule has 20 heavy (non-hydrogen) atoms. The van der Waals surface area contributed by atoms with Crippen LogP contribution in [0.25, 0.3) is 0 Å². The molecule has 104 valence electrons. The van der Waals surface area contributed by atoms with Crippen LogP contribution in [0.2, 0.25) is 0 Å². The molecule has 1 unspecified atom stereocenters. The molecular weight excluding hydrogens is 318 g/mol. The van der Waals surface area contributed by atoms with Gasteiger partial charge in [0.15, 0.2) is 0 Å². The predicted molar refractivity (Wildman–Crippen MR) is 85.6 cm³/mol. The van der Waals surface area contributed by atoms with Gasteiger partial charge in [0.2, 0.25) is 0 Å². The van der Waals surface area contributed by atoms with Crippen molar-refractivity contribution in [1.29, 1.82) is 0 Å². The van der Waals surface area contributed by atoms with E-state index >= 15 is 0 Å². The minimum atomic E-state index is -0.468. The highest BCUT2D eigenvalue weighted by molar-refractivity contribution is 9.10. The number of amides is 1. The van der Waals surface area contributed by atoms with Gasteiger partial charge >= 0.3 is 0 Å². The van der Waals surface area contributed by atoms with E-state index in [1.54, 1.807) is 6.07 Å². The number of rotatable bonds is 4. The molecule has 0 aliphatic carbocycles. The molecule has 0 aromatic heterocycles. The van der Waals surface area contributed by atoms with Crippen LogP contribution in [0.3, 0.4) is 0 Å². The Labute approximate surface area is 126 Å². The lowest BCUT2D eigenvalue weighted by atomic mass is 10.1. The lowest BCUT2D eigenvalue weighted by molar-refractivity contribution is 0.100. The van der Waals surface area contributed by atoms with Gasteiger partial charge in [-0.1, -0.05) is 18.2 Å². The third kappa shape index (κ3) is 3.11. The van der Waals surface area contributed by atoms with E-state index in [0.717, 1.165) is 11.3 Å². The second-order valence-electron chi connectivity index (χ2n) is 4.56. The number of primary amides is 1. The van der Waals surface area contributed by atoms with Gasteiger partial charge in [-0.15, -0.1) is 0 Å². The van der Waals surface area contributed by atoms with Crippen molar-refractivity contribution in [2.75, 3.05) is 11.1 Å². The molecule has 1 atom stereocenters. The Morgan fingerprint density at radius 3 is 2.45 bits per heavy atom. The number of benzene rings is 2. The van der Waals surface area contributed by atoms with Crippen molar-refractivity contribution in [3.8, 4) is 0 Å². The third-order valence-electron chi connectivity index (χ3n) is 3.07. The van der Waals surface area contributed by atoms with Crippen molar-refractivity contribution in [3.63, 3.8) is 0 Å². The SMILES string of the molecule is CC(Nc1cccc(Br)c1C(N)=O)c1ccc(N)cc1. The van der Waals surface area contributed by atoms with E-state index < -0.39 is 5.91 Å². The Bertz CT molecular complexity index is 626. The highest BCUT2D eigenvalue weighted by Gasteiger charge is 2.14. The molecule has 4 nitrogen and oxygen atoms in total. The van der Waals surface area contributed by atoms with E-state index in [0.29, 0.717) is 15.7 Å². The zero-order valence-electron chi connectivity index (χ0n) is 11.1. The topological polar surface area (TPSA) is 81.1 Å². The van der Waals surface area contributed by atoms with Gasteiger partial charge in [0.25, 0.3) is 5.91 Å². The van der Waals surface area contributed by atoms with E-state index in [2.05, 4.69) is 21.2 Å². The minimum Gasteiger partial charge on any atom is -0.399 e. The average Bonchev–Trinajstić information content (AvgIpc) is 2.39. The first kappa shape index (κ1) is 14.4. The number of hydrogen-bond acceptors (Lipinski definition) is 3. The maximum Gasteiger partial charge on any atom is 0.251 e. The standard InChI is InChI=1S/C15H16BrN3O/c1-9(10-5-7-11(17)8-6-10)19-13-4-2-3-12(16)14(13)15(18)20/h2-9,19H,17H2,1H3,(H2,18,20). The van der Waals surface area contributed by atoms with Crippen LogP contribution in [0.1, 0.15) is 28.9 Å². The normalized spacial score (nSPS) is 11.9. The Balaban J connectivity index is 2.28. The number of anilines is 2. The minimum absolute atomic E-state index is 0.0306. The van der Waals surface area contributed by atoms with Gasteiger partial charge in [0.1, 0.15) is 0 Å². The highest BCUT2D eigenvalue weighted by Crippen LogP contribution is 2.28. The van der Waals surface area contributed by atoms with Crippen molar-refractivity contribution in [1.82, 2.24) is 0 Å². The summed E-state index contributed by atoms with van der Waals surface area (Å²) < 4.78 is 0.680. The quantitative estimate of drug-likeness (QED) is 0.751. The molecule has 2 rings (SSSR count). The van der Waals surface area contributed by atoms with Crippen LogP contribution in [0, 0.1) is 0 Å². The molecular formula is C15H16BrN3O. The molecule has 2 aromatic carbocycles. The number of carbonyl (C=O) groups is 1. The van der Waals surface area contributed by atoms with Crippen LogP contribution in [-0.4, -0.2) is 5.91 Å². The molecule has 5 heteroatoms. The van der Waals surface area contributed by atoms with Crippen LogP contribution < -0.4 is 16.8 Å². The van der Waals surface area contributed by atoms with Crippen molar-refractivity contribution >= 4 is 33.2 Å². The van der Waals surface area contributed by atoms with Crippen molar-refractivity contribution in [2.24, 2.45) is 5.73 Å². The molecule has 0 aliphatic heterocycles. The Kier molecular flexibility index (Phi) is 4.29. The molecule has 0 saturated carbocycles. The molecule has 2 aromatic rings. The van der Waals surface area contributed by atoms with Gasteiger partial charge in [0.05, 0.1) is 5.56 Å². The molecule has 1 amide bonds. The Hall–Kier alpha value is -2.01. The first-order chi connectivity index (χ1) is 9.49. The first-order valence-corrected chi connectivity index (χ1v) is 6.98. The monoisotopic (exact) mass is 333 g/mol. The number of hydrogen-bond donors (Lipinski definition) is 3. The van der Waals surface area contributed by atoms with Gasteiger partial charge < -0.3 is 16.8 Å². The molecule has 0 aliphatic rings. The summed E-state index contributed by atoms with van der Waals surface area (Å²) in [5.41, 5.74) is 14.1. The summed E-state index contributed by atoms with van der Waals surface area (Å²) >= 11 is 3.35. The summed E-state index contributed by atoms with van der Waals surface area (Å²) in [6, 6.07) is 13.1. The van der Waals surface area contributed by atoms with E-state index in [9.17, 15) is 4.79 Å². The average molecular weight is 334 g/mol. The van der Waals surface area contributed by atoms with E-state index in [-0.39, 0.29) is 6.04 Å². The zero-order valence-corrected chi connectivity index (χ0v) is 12.6. The molecule has 0 radical (unpaired) electrons. The lowest BCUT2D eigenvalue weighted by Crippen LogP contribution is -2.16. The van der Waals surface area contributed by atoms with Gasteiger partial charge in [0, 0.05) is 21.9 Å². The maximum atomic E-state index is 11.5. The van der Waals surface area contributed by atoms with Crippen molar-refractivity contribution in [2.45, 2.75) is 13.0 Å². The lowest BCUT2D eigenvalue weighted by Gasteiger charge is -2.18. The van der Waals surface area contributed by atoms with Crippen LogP contribution in [0.5, 0.6) is 0 Å². The van der Waals surface area contributed by atoms with E-state index in [1.807, 2.05) is 43.3 Å². The van der Waals surface area contributed by atoms with E-state index in [1.165, 1.54) is 0 Å². The highest BCUT2D eigenvalue weighted by atomic mass is 79.9. The summed E-state index contributed by atoms with van der Waals surface area (Å²) in [5.74, 6) is -0.468. The van der Waals surface area contributed by atoms with Crippen molar-refractivity contribution in [3.05, 3.63) is 58.1 Å². The van der Waals surface area contributed by atoms with Crippen LogP contribution >= 0.6 is 15.9 Å². The van der Waals surface area contributed by atoms with Crippen LogP contribution in [0.15, 0.2) is 46.9 Å². The van der Waals surface area contributed by atoms with Crippen LogP contribution in [0.4, 0.5) is 11.4 Å². The fourth-order valence-corrected chi connectivity index (χ4v) is 2.56.